The molecule has 0 fully saturated rings. The van der Waals surface area contributed by atoms with Crippen molar-refractivity contribution in [2.45, 2.75) is 19.4 Å². The number of hydrogen-bond donors (Lipinski definition) is 2. The predicted octanol–water partition coefficient (Wildman–Crippen LogP) is 1.60. The van der Waals surface area contributed by atoms with E-state index < -0.39 is 0 Å². The Bertz CT molecular complexity index is 334. The molecule has 0 aliphatic carbocycles. The lowest BCUT2D eigenvalue weighted by Crippen LogP contribution is -2.23. The number of rotatable bonds is 5. The maximum atomic E-state index is 13.1. The summed E-state index contributed by atoms with van der Waals surface area (Å²) in [6.07, 6.45) is 1.05. The van der Waals surface area contributed by atoms with Gasteiger partial charge in [-0.05, 0) is 19.0 Å². The van der Waals surface area contributed by atoms with Gasteiger partial charge in [0.2, 0.25) is 5.91 Å². The first-order valence-corrected chi connectivity index (χ1v) is 4.94. The second-order valence-electron chi connectivity index (χ2n) is 3.26. The molecular weight excluding hydrogens is 231 g/mol. The summed E-state index contributed by atoms with van der Waals surface area (Å²) in [5.74, 6) is -0.389. The Morgan fingerprint density at radius 2 is 2.06 bits per heavy atom. The largest absolute Gasteiger partial charge is 0.352 e. The highest BCUT2D eigenvalue weighted by molar-refractivity contribution is 5.85. The molecule has 1 rings (SSSR count). The second kappa shape index (κ2) is 8.07. The molecule has 1 aromatic rings. The molecule has 0 spiro atoms. The highest BCUT2D eigenvalue weighted by Crippen LogP contribution is 2.05. The molecule has 0 heterocycles. The summed E-state index contributed by atoms with van der Waals surface area (Å²) >= 11 is 0. The average Bonchev–Trinajstić information content (AvgIpc) is 2.25. The van der Waals surface area contributed by atoms with Crippen LogP contribution in [0.4, 0.5) is 4.39 Å². The first kappa shape index (κ1) is 14.9. The van der Waals surface area contributed by atoms with Crippen LogP contribution in [0.1, 0.15) is 18.4 Å². The van der Waals surface area contributed by atoms with Crippen LogP contribution in [0.15, 0.2) is 24.3 Å². The highest BCUT2D eigenvalue weighted by Gasteiger charge is 2.03. The molecule has 0 bridgehead atoms. The Labute approximate surface area is 101 Å². The van der Waals surface area contributed by atoms with E-state index in [2.05, 4.69) is 5.32 Å². The van der Waals surface area contributed by atoms with Gasteiger partial charge in [-0.1, -0.05) is 18.2 Å². The van der Waals surface area contributed by atoms with Crippen LogP contribution in [0.2, 0.25) is 0 Å². The van der Waals surface area contributed by atoms with Crippen molar-refractivity contribution in [2.75, 3.05) is 6.54 Å². The molecule has 0 aromatic heterocycles. The molecule has 0 atom stereocenters. The second-order valence-corrected chi connectivity index (χ2v) is 3.26. The summed E-state index contributed by atoms with van der Waals surface area (Å²) in [4.78, 5) is 11.2. The van der Waals surface area contributed by atoms with Gasteiger partial charge in [0.15, 0.2) is 0 Å². The SMILES string of the molecule is Cl.NCCCC(=O)NCc1ccccc1F. The predicted molar refractivity (Wildman–Crippen MR) is 63.8 cm³/mol. The summed E-state index contributed by atoms with van der Waals surface area (Å²) in [7, 11) is 0. The third-order valence-electron chi connectivity index (χ3n) is 2.04. The van der Waals surface area contributed by atoms with Gasteiger partial charge in [-0.2, -0.15) is 0 Å². The normalized spacial score (nSPS) is 9.38. The summed E-state index contributed by atoms with van der Waals surface area (Å²) in [6.45, 7) is 0.725. The molecule has 0 saturated carbocycles. The summed E-state index contributed by atoms with van der Waals surface area (Å²) in [6, 6.07) is 6.39. The van der Waals surface area contributed by atoms with Gasteiger partial charge in [-0.3, -0.25) is 4.79 Å². The van der Waals surface area contributed by atoms with Gasteiger partial charge < -0.3 is 11.1 Å². The van der Waals surface area contributed by atoms with Gasteiger partial charge in [0.25, 0.3) is 0 Å². The third-order valence-corrected chi connectivity index (χ3v) is 2.04. The van der Waals surface area contributed by atoms with Crippen LogP contribution in [0.3, 0.4) is 0 Å². The first-order chi connectivity index (χ1) is 7.24. The number of carbonyl (C=O) groups is 1. The molecule has 16 heavy (non-hydrogen) atoms. The van der Waals surface area contributed by atoms with Crippen molar-refractivity contribution in [2.24, 2.45) is 5.73 Å². The van der Waals surface area contributed by atoms with Crippen LogP contribution in [0.5, 0.6) is 0 Å². The van der Waals surface area contributed by atoms with Crippen molar-refractivity contribution >= 4 is 18.3 Å². The topological polar surface area (TPSA) is 55.1 Å². The van der Waals surface area contributed by atoms with Crippen LogP contribution >= 0.6 is 12.4 Å². The van der Waals surface area contributed by atoms with Gasteiger partial charge in [0.05, 0.1) is 0 Å². The minimum atomic E-state index is -0.295. The fourth-order valence-electron chi connectivity index (χ4n) is 1.19. The lowest BCUT2D eigenvalue weighted by Gasteiger charge is -2.05. The maximum Gasteiger partial charge on any atom is 0.220 e. The fraction of sp³-hybridized carbons (Fsp3) is 0.364. The Hall–Kier alpha value is -1.13. The van der Waals surface area contributed by atoms with Crippen molar-refractivity contribution in [1.29, 1.82) is 0 Å². The van der Waals surface area contributed by atoms with Crippen LogP contribution in [0, 0.1) is 5.82 Å². The molecule has 3 N–H and O–H groups in total. The van der Waals surface area contributed by atoms with E-state index in [0.29, 0.717) is 24.9 Å². The molecule has 0 saturated heterocycles. The number of halogens is 2. The number of amides is 1. The van der Waals surface area contributed by atoms with Crippen molar-refractivity contribution < 1.29 is 9.18 Å². The maximum absolute atomic E-state index is 13.1. The van der Waals surface area contributed by atoms with Crippen LogP contribution in [0.25, 0.3) is 0 Å². The minimum absolute atomic E-state index is 0. The zero-order chi connectivity index (χ0) is 11.1. The average molecular weight is 247 g/mol. The number of hydrogen-bond acceptors (Lipinski definition) is 2. The first-order valence-electron chi connectivity index (χ1n) is 4.94. The van der Waals surface area contributed by atoms with E-state index >= 15 is 0 Å². The molecule has 90 valence electrons. The monoisotopic (exact) mass is 246 g/mol. The highest BCUT2D eigenvalue weighted by atomic mass is 35.5. The van der Waals surface area contributed by atoms with E-state index in [0.717, 1.165) is 0 Å². The van der Waals surface area contributed by atoms with Gasteiger partial charge in [0.1, 0.15) is 5.82 Å². The van der Waals surface area contributed by atoms with Crippen molar-refractivity contribution in [3.8, 4) is 0 Å². The third kappa shape index (κ3) is 5.09. The molecule has 0 radical (unpaired) electrons. The van der Waals surface area contributed by atoms with Gasteiger partial charge in [-0.15, -0.1) is 12.4 Å². The Kier molecular flexibility index (Phi) is 7.50. The van der Waals surface area contributed by atoms with Crippen molar-refractivity contribution in [3.63, 3.8) is 0 Å². The van der Waals surface area contributed by atoms with E-state index in [1.807, 2.05) is 0 Å². The van der Waals surface area contributed by atoms with Crippen LogP contribution < -0.4 is 11.1 Å². The fourth-order valence-corrected chi connectivity index (χ4v) is 1.19. The number of carbonyl (C=O) groups excluding carboxylic acids is 1. The van der Waals surface area contributed by atoms with E-state index in [9.17, 15) is 9.18 Å². The number of nitrogens with two attached hydrogens (primary N) is 1. The Morgan fingerprint density at radius 1 is 1.38 bits per heavy atom. The quantitative estimate of drug-likeness (QED) is 0.829. The zero-order valence-corrected chi connectivity index (χ0v) is 9.73. The summed E-state index contributed by atoms with van der Waals surface area (Å²) < 4.78 is 13.1. The van der Waals surface area contributed by atoms with Gasteiger partial charge >= 0.3 is 0 Å². The molecule has 5 heteroatoms. The molecule has 1 aromatic carbocycles. The molecule has 0 unspecified atom stereocenters. The van der Waals surface area contributed by atoms with E-state index in [4.69, 9.17) is 5.73 Å². The summed E-state index contributed by atoms with van der Waals surface area (Å²) in [5, 5.41) is 2.64. The minimum Gasteiger partial charge on any atom is -0.352 e. The molecule has 3 nitrogen and oxygen atoms in total. The Morgan fingerprint density at radius 3 is 2.69 bits per heavy atom. The zero-order valence-electron chi connectivity index (χ0n) is 8.91. The smallest absolute Gasteiger partial charge is 0.220 e. The Balaban J connectivity index is 0.00000225. The van der Waals surface area contributed by atoms with Gasteiger partial charge in [0, 0.05) is 18.5 Å². The molecule has 0 aliphatic rings. The molecule has 1 amide bonds. The van der Waals surface area contributed by atoms with E-state index in [1.165, 1.54) is 6.07 Å². The van der Waals surface area contributed by atoms with Crippen molar-refractivity contribution in [1.82, 2.24) is 5.32 Å². The van der Waals surface area contributed by atoms with Gasteiger partial charge in [-0.25, -0.2) is 4.39 Å². The number of benzene rings is 1. The summed E-state index contributed by atoms with van der Waals surface area (Å²) in [5.41, 5.74) is 5.77. The van der Waals surface area contributed by atoms with Crippen LogP contribution in [-0.4, -0.2) is 12.5 Å². The standard InChI is InChI=1S/C11H15FN2O.ClH/c12-10-5-2-1-4-9(10)8-14-11(15)6-3-7-13;/h1-2,4-5H,3,6-8,13H2,(H,14,15);1H. The molecule has 0 aliphatic heterocycles. The van der Waals surface area contributed by atoms with E-state index in [1.54, 1.807) is 18.2 Å². The van der Waals surface area contributed by atoms with Crippen LogP contribution in [-0.2, 0) is 11.3 Å². The van der Waals surface area contributed by atoms with E-state index in [-0.39, 0.29) is 30.7 Å². The number of nitrogens with one attached hydrogen (secondary N) is 1. The van der Waals surface area contributed by atoms with Crippen molar-refractivity contribution in [3.05, 3.63) is 35.6 Å². The lowest BCUT2D eigenvalue weighted by atomic mass is 10.2. The lowest BCUT2D eigenvalue weighted by molar-refractivity contribution is -0.121. The molecular formula is C11H16ClFN2O.